The average molecular weight is 330 g/mol. The van der Waals surface area contributed by atoms with Crippen LogP contribution in [0.5, 0.6) is 0 Å². The number of rotatable bonds is 4. The molecule has 24 heavy (non-hydrogen) atoms. The molecule has 1 saturated carbocycles. The van der Waals surface area contributed by atoms with Gasteiger partial charge in [-0.25, -0.2) is 14.1 Å². The topological polar surface area (TPSA) is 84.7 Å². The first-order valence-corrected chi connectivity index (χ1v) is 8.39. The summed E-state index contributed by atoms with van der Waals surface area (Å²) >= 11 is 0. The van der Waals surface area contributed by atoms with E-state index in [0.717, 1.165) is 25.7 Å². The minimum absolute atomic E-state index is 0.219. The van der Waals surface area contributed by atoms with Crippen LogP contribution in [0.15, 0.2) is 24.5 Å². The molecule has 0 radical (unpaired) electrons. The average Bonchev–Trinajstić information content (AvgIpc) is 2.99. The smallest absolute Gasteiger partial charge is 0.341 e. The molecule has 1 fully saturated rings. The summed E-state index contributed by atoms with van der Waals surface area (Å²) in [5, 5.41) is 9.95. The van der Waals surface area contributed by atoms with E-state index in [1.54, 1.807) is 29.8 Å². The Hall–Kier alpha value is -2.57. The molecule has 0 bridgehead atoms. The highest BCUT2D eigenvalue weighted by Gasteiger charge is 2.17. The van der Waals surface area contributed by atoms with Crippen molar-refractivity contribution >= 4 is 23.2 Å². The summed E-state index contributed by atoms with van der Waals surface area (Å²) < 4.78 is 6.60. The molecule has 7 nitrogen and oxygen atoms in total. The molecule has 0 spiro atoms. The zero-order valence-electron chi connectivity index (χ0n) is 13.7. The van der Waals surface area contributed by atoms with Crippen molar-refractivity contribution in [2.75, 3.05) is 11.9 Å². The van der Waals surface area contributed by atoms with Crippen LogP contribution >= 0.6 is 0 Å². The fourth-order valence-corrected chi connectivity index (χ4v) is 3.02. The van der Waals surface area contributed by atoms with Crippen molar-refractivity contribution in [2.45, 2.75) is 45.1 Å². The second-order valence-corrected chi connectivity index (χ2v) is 5.96. The molecule has 0 unspecified atom stereocenters. The minimum atomic E-state index is -0.420. The number of hydrogen-bond donors (Lipinski definition) is 2. The number of carbonyl (C=O) groups is 2. The molecule has 2 amide bonds. The number of pyridine rings is 1. The molecule has 2 aromatic heterocycles. The van der Waals surface area contributed by atoms with Crippen molar-refractivity contribution in [3.63, 3.8) is 0 Å². The van der Waals surface area contributed by atoms with Crippen molar-refractivity contribution in [2.24, 2.45) is 0 Å². The first kappa shape index (κ1) is 16.3. The van der Waals surface area contributed by atoms with Gasteiger partial charge >= 0.3 is 12.0 Å². The van der Waals surface area contributed by atoms with E-state index in [1.807, 2.05) is 0 Å². The fraction of sp³-hybridized carbons (Fsp3) is 0.471. The Bertz CT molecular complexity index is 735. The number of carbonyl (C=O) groups excluding carboxylic acids is 2. The Balaban J connectivity index is 1.71. The Labute approximate surface area is 140 Å². The number of amides is 2. The van der Waals surface area contributed by atoms with Gasteiger partial charge in [-0.3, -0.25) is 0 Å². The first-order chi connectivity index (χ1) is 11.7. The lowest BCUT2D eigenvalue weighted by molar-refractivity contribution is 0.0528. The van der Waals surface area contributed by atoms with Crippen LogP contribution in [-0.4, -0.2) is 34.3 Å². The molecular weight excluding hydrogens is 308 g/mol. The molecule has 0 saturated heterocycles. The summed E-state index contributed by atoms with van der Waals surface area (Å²) in [6.07, 6.45) is 8.80. The lowest BCUT2D eigenvalue weighted by atomic mass is 9.96. The molecule has 1 aliphatic rings. The maximum Gasteiger partial charge on any atom is 0.341 e. The number of fused-ring (bicyclic) bond motifs is 1. The summed E-state index contributed by atoms with van der Waals surface area (Å²) in [6.45, 7) is 2.06. The molecular formula is C17H22N4O3. The number of hydrogen-bond acceptors (Lipinski definition) is 4. The van der Waals surface area contributed by atoms with Crippen LogP contribution in [0, 0.1) is 0 Å². The number of esters is 1. The molecule has 0 aromatic carbocycles. The number of anilines is 1. The van der Waals surface area contributed by atoms with E-state index in [9.17, 15) is 9.59 Å². The van der Waals surface area contributed by atoms with Crippen molar-refractivity contribution < 1.29 is 14.3 Å². The van der Waals surface area contributed by atoms with Crippen LogP contribution in [0.1, 0.15) is 49.4 Å². The fourth-order valence-electron chi connectivity index (χ4n) is 3.02. The van der Waals surface area contributed by atoms with Gasteiger partial charge < -0.3 is 15.4 Å². The van der Waals surface area contributed by atoms with Crippen LogP contribution in [0.3, 0.4) is 0 Å². The highest BCUT2D eigenvalue weighted by atomic mass is 16.5. The summed E-state index contributed by atoms with van der Waals surface area (Å²) in [4.78, 5) is 24.1. The Kier molecular flexibility index (Phi) is 4.98. The van der Waals surface area contributed by atoms with E-state index >= 15 is 0 Å². The van der Waals surface area contributed by atoms with Crippen LogP contribution in [0.2, 0.25) is 0 Å². The van der Waals surface area contributed by atoms with E-state index in [1.165, 1.54) is 12.6 Å². The van der Waals surface area contributed by atoms with Crippen LogP contribution in [0.4, 0.5) is 10.5 Å². The molecule has 7 heteroatoms. The number of nitrogens with one attached hydrogen (secondary N) is 2. The maximum atomic E-state index is 12.1. The van der Waals surface area contributed by atoms with E-state index in [0.29, 0.717) is 23.4 Å². The second kappa shape index (κ2) is 7.33. The molecule has 1 aliphatic carbocycles. The normalized spacial score (nSPS) is 15.2. The van der Waals surface area contributed by atoms with Gasteiger partial charge in [-0.2, -0.15) is 5.10 Å². The largest absolute Gasteiger partial charge is 0.462 e. The predicted molar refractivity (Wildman–Crippen MR) is 90.2 cm³/mol. The lowest BCUT2D eigenvalue weighted by Gasteiger charge is -2.22. The van der Waals surface area contributed by atoms with Gasteiger partial charge in [-0.15, -0.1) is 0 Å². The van der Waals surface area contributed by atoms with Gasteiger partial charge in [0.1, 0.15) is 5.56 Å². The molecule has 0 aliphatic heterocycles. The van der Waals surface area contributed by atoms with Gasteiger partial charge in [0.25, 0.3) is 0 Å². The van der Waals surface area contributed by atoms with E-state index in [4.69, 9.17) is 4.74 Å². The minimum Gasteiger partial charge on any atom is -0.462 e. The van der Waals surface area contributed by atoms with E-state index in [2.05, 4.69) is 15.7 Å². The van der Waals surface area contributed by atoms with Gasteiger partial charge in [0, 0.05) is 17.9 Å². The molecule has 128 valence electrons. The van der Waals surface area contributed by atoms with Gasteiger partial charge in [0.2, 0.25) is 0 Å². The third-order valence-corrected chi connectivity index (χ3v) is 4.22. The Morgan fingerprint density at radius 2 is 2.12 bits per heavy atom. The number of aromatic nitrogens is 2. The quantitative estimate of drug-likeness (QED) is 0.844. The van der Waals surface area contributed by atoms with Crippen molar-refractivity contribution in [1.82, 2.24) is 14.9 Å². The van der Waals surface area contributed by atoms with Gasteiger partial charge in [0.05, 0.1) is 18.3 Å². The standard InChI is InChI=1S/C17H22N4O3/c1-2-24-16(22)14-11-18-21-9-8-13(10-15(14)21)20-17(23)19-12-6-4-3-5-7-12/h8-12H,2-7H2,1H3,(H2,19,20,23). The number of ether oxygens (including phenoxy) is 1. The van der Waals surface area contributed by atoms with Crippen LogP contribution in [0.25, 0.3) is 5.52 Å². The van der Waals surface area contributed by atoms with Gasteiger partial charge in [-0.1, -0.05) is 19.3 Å². The van der Waals surface area contributed by atoms with Crippen molar-refractivity contribution in [3.05, 3.63) is 30.1 Å². The molecule has 2 N–H and O–H groups in total. The third kappa shape index (κ3) is 3.67. The Morgan fingerprint density at radius 3 is 2.88 bits per heavy atom. The van der Waals surface area contributed by atoms with Crippen molar-refractivity contribution in [3.8, 4) is 0 Å². The maximum absolute atomic E-state index is 12.1. The lowest BCUT2D eigenvalue weighted by Crippen LogP contribution is -2.39. The number of nitrogens with zero attached hydrogens (tertiary/aromatic N) is 2. The highest BCUT2D eigenvalue weighted by Crippen LogP contribution is 2.19. The highest BCUT2D eigenvalue weighted by molar-refractivity contribution is 5.98. The van der Waals surface area contributed by atoms with E-state index < -0.39 is 5.97 Å². The second-order valence-electron chi connectivity index (χ2n) is 5.96. The molecule has 2 aromatic rings. The van der Waals surface area contributed by atoms with Gasteiger partial charge in [-0.05, 0) is 31.9 Å². The van der Waals surface area contributed by atoms with Crippen LogP contribution < -0.4 is 10.6 Å². The first-order valence-electron chi connectivity index (χ1n) is 8.39. The third-order valence-electron chi connectivity index (χ3n) is 4.22. The molecule has 2 heterocycles. The Morgan fingerprint density at radius 1 is 1.33 bits per heavy atom. The summed E-state index contributed by atoms with van der Waals surface area (Å²) in [5.74, 6) is -0.420. The summed E-state index contributed by atoms with van der Waals surface area (Å²) in [5.41, 5.74) is 1.60. The summed E-state index contributed by atoms with van der Waals surface area (Å²) in [6, 6.07) is 3.49. The molecule has 3 rings (SSSR count). The number of urea groups is 1. The predicted octanol–water partition coefficient (Wildman–Crippen LogP) is 2.97. The van der Waals surface area contributed by atoms with E-state index in [-0.39, 0.29) is 12.1 Å². The zero-order valence-corrected chi connectivity index (χ0v) is 13.7. The van der Waals surface area contributed by atoms with Crippen LogP contribution in [-0.2, 0) is 4.74 Å². The SMILES string of the molecule is CCOC(=O)c1cnn2ccc(NC(=O)NC3CCCCC3)cc12. The monoisotopic (exact) mass is 330 g/mol. The van der Waals surface area contributed by atoms with Crippen molar-refractivity contribution in [1.29, 1.82) is 0 Å². The summed E-state index contributed by atoms with van der Waals surface area (Å²) in [7, 11) is 0. The van der Waals surface area contributed by atoms with Gasteiger partial charge in [0.15, 0.2) is 0 Å². The molecule has 0 atom stereocenters. The zero-order chi connectivity index (χ0) is 16.9.